The van der Waals surface area contributed by atoms with Crippen molar-refractivity contribution in [3.63, 3.8) is 0 Å². The summed E-state index contributed by atoms with van der Waals surface area (Å²) in [7, 11) is 0. The molecule has 2 aromatic carbocycles. The Balaban J connectivity index is 1.63. The number of hydrogen-bond donors (Lipinski definition) is 0. The topological polar surface area (TPSA) is 8.81 Å². The summed E-state index contributed by atoms with van der Waals surface area (Å²) in [6, 6.07) is 22.3. The maximum absolute atomic E-state index is 2.74. The molecule has 0 aliphatic rings. The fraction of sp³-hybridized carbons (Fsp3) is 0.643. The maximum Gasteiger partial charge on any atom is 0.261 e. The molecule has 0 radical (unpaired) electrons. The van der Waals surface area contributed by atoms with Crippen LogP contribution in [0, 0.1) is 0 Å². The lowest BCUT2D eigenvalue weighted by molar-refractivity contribution is -0.704. The number of unbranched alkanes of at least 4 members (excludes halogenated alkanes) is 17. The van der Waals surface area contributed by atoms with Crippen LogP contribution < -0.4 is 4.57 Å². The lowest BCUT2D eigenvalue weighted by Gasteiger charge is -2.12. The minimum atomic E-state index is 0.517. The molecule has 2 nitrogen and oxygen atoms in total. The number of imidazole rings is 1. The van der Waals surface area contributed by atoms with E-state index >= 15 is 0 Å². The normalized spacial score (nSPS) is 12.2. The average molecular weight is 600 g/mol. The van der Waals surface area contributed by atoms with Crippen LogP contribution in [0.1, 0.15) is 171 Å². The van der Waals surface area contributed by atoms with Gasteiger partial charge < -0.3 is 0 Å². The molecule has 3 aromatic rings. The van der Waals surface area contributed by atoms with Crippen molar-refractivity contribution in [1.82, 2.24) is 4.57 Å². The predicted molar refractivity (Wildman–Crippen MR) is 192 cm³/mol. The van der Waals surface area contributed by atoms with E-state index in [0.717, 1.165) is 25.9 Å². The Morgan fingerprint density at radius 1 is 0.568 bits per heavy atom. The van der Waals surface area contributed by atoms with Crippen LogP contribution in [-0.4, -0.2) is 4.57 Å². The second kappa shape index (κ2) is 23.1. The zero-order chi connectivity index (χ0) is 31.1. The molecule has 1 unspecified atom stereocenters. The van der Waals surface area contributed by atoms with Crippen molar-refractivity contribution in [3.8, 4) is 0 Å². The molecule has 1 heterocycles. The van der Waals surface area contributed by atoms with Gasteiger partial charge in [-0.2, -0.15) is 0 Å². The quantitative estimate of drug-likeness (QED) is 0.0641. The van der Waals surface area contributed by atoms with Crippen molar-refractivity contribution >= 4 is 0 Å². The number of nitrogens with zero attached hydrogens (tertiary/aromatic N) is 2. The van der Waals surface area contributed by atoms with Crippen LogP contribution in [0.3, 0.4) is 0 Å². The van der Waals surface area contributed by atoms with Crippen LogP contribution in [-0.2, 0) is 25.9 Å². The third-order valence-electron chi connectivity index (χ3n) is 9.62. The fourth-order valence-electron chi connectivity index (χ4n) is 6.81. The van der Waals surface area contributed by atoms with E-state index in [1.165, 1.54) is 145 Å². The molecule has 0 N–H and O–H groups in total. The number of aromatic nitrogens is 2. The summed E-state index contributed by atoms with van der Waals surface area (Å²) in [4.78, 5) is 0. The Hall–Kier alpha value is -2.35. The van der Waals surface area contributed by atoms with Crippen molar-refractivity contribution in [2.75, 3.05) is 0 Å². The van der Waals surface area contributed by atoms with E-state index in [1.807, 2.05) is 0 Å². The molecule has 3 rings (SSSR count). The van der Waals surface area contributed by atoms with Crippen LogP contribution in [0.25, 0.3) is 0 Å². The predicted octanol–water partition coefficient (Wildman–Crippen LogP) is 12.2. The standard InChI is InChI=1S/C42H67N2/c1-4-6-8-10-12-13-14-15-16-18-19-27-33-43-37-41(35-38(3)40-31-25-22-26-32-40)44(34-28-20-17-11-9-7-5-2)42(43)36-39-29-23-21-24-30-39/h21-26,29-32,37-38H,4-20,27-28,33-36H2,1-3H3/q+1. The molecule has 1 atom stereocenters. The van der Waals surface area contributed by atoms with Gasteiger partial charge >= 0.3 is 0 Å². The Labute approximate surface area is 272 Å². The van der Waals surface area contributed by atoms with E-state index in [4.69, 9.17) is 0 Å². The van der Waals surface area contributed by atoms with E-state index in [-0.39, 0.29) is 0 Å². The molecule has 244 valence electrons. The highest BCUT2D eigenvalue weighted by Gasteiger charge is 2.25. The molecular formula is C42H67N2+. The van der Waals surface area contributed by atoms with Gasteiger partial charge in [-0.25, -0.2) is 9.13 Å². The van der Waals surface area contributed by atoms with E-state index in [2.05, 4.69) is 96.8 Å². The van der Waals surface area contributed by atoms with Gasteiger partial charge in [0.25, 0.3) is 5.82 Å². The first-order valence-corrected chi connectivity index (χ1v) is 18.9. The maximum atomic E-state index is 2.74. The highest BCUT2D eigenvalue weighted by atomic mass is 15.2. The zero-order valence-electron chi connectivity index (χ0n) is 29.1. The van der Waals surface area contributed by atoms with Crippen LogP contribution in [0.5, 0.6) is 0 Å². The summed E-state index contributed by atoms with van der Waals surface area (Å²) in [5, 5.41) is 0. The number of benzene rings is 2. The third-order valence-corrected chi connectivity index (χ3v) is 9.62. The highest BCUT2D eigenvalue weighted by molar-refractivity contribution is 5.22. The fourth-order valence-corrected chi connectivity index (χ4v) is 6.81. The van der Waals surface area contributed by atoms with Gasteiger partial charge in [0.15, 0.2) is 0 Å². The third kappa shape index (κ3) is 14.2. The van der Waals surface area contributed by atoms with Crippen molar-refractivity contribution < 1.29 is 4.57 Å². The molecule has 0 spiro atoms. The van der Waals surface area contributed by atoms with Crippen LogP contribution >= 0.6 is 0 Å². The van der Waals surface area contributed by atoms with Gasteiger partial charge in [-0.15, -0.1) is 0 Å². The van der Waals surface area contributed by atoms with Crippen LogP contribution in [0.2, 0.25) is 0 Å². The minimum Gasteiger partial charge on any atom is -0.234 e. The first-order valence-electron chi connectivity index (χ1n) is 18.9. The van der Waals surface area contributed by atoms with Gasteiger partial charge in [-0.3, -0.25) is 0 Å². The Morgan fingerprint density at radius 3 is 1.59 bits per heavy atom. The Morgan fingerprint density at radius 2 is 1.05 bits per heavy atom. The van der Waals surface area contributed by atoms with E-state index in [9.17, 15) is 0 Å². The second-order valence-corrected chi connectivity index (χ2v) is 13.6. The second-order valence-electron chi connectivity index (χ2n) is 13.6. The smallest absolute Gasteiger partial charge is 0.234 e. The lowest BCUT2D eigenvalue weighted by atomic mass is 9.96. The SMILES string of the molecule is CCCCCCCCCCCCCC[n+]1cc(CC(C)c2ccccc2)n(CCCCCCCCC)c1Cc1ccccc1. The molecule has 1 aromatic heterocycles. The van der Waals surface area contributed by atoms with E-state index in [1.54, 1.807) is 0 Å². The number of rotatable bonds is 26. The van der Waals surface area contributed by atoms with Gasteiger partial charge in [-0.05, 0) is 42.7 Å². The van der Waals surface area contributed by atoms with Gasteiger partial charge in [-0.1, -0.05) is 178 Å². The minimum absolute atomic E-state index is 0.517. The highest BCUT2D eigenvalue weighted by Crippen LogP contribution is 2.23. The van der Waals surface area contributed by atoms with E-state index in [0.29, 0.717) is 5.92 Å². The van der Waals surface area contributed by atoms with Gasteiger partial charge in [0.05, 0.1) is 19.5 Å². The molecule has 0 aliphatic carbocycles. The van der Waals surface area contributed by atoms with Crippen molar-refractivity contribution in [2.24, 2.45) is 0 Å². The van der Waals surface area contributed by atoms with Gasteiger partial charge in [0.2, 0.25) is 0 Å². The monoisotopic (exact) mass is 600 g/mol. The van der Waals surface area contributed by atoms with Crippen molar-refractivity contribution in [1.29, 1.82) is 0 Å². The zero-order valence-corrected chi connectivity index (χ0v) is 29.1. The average Bonchev–Trinajstić information content (AvgIpc) is 3.36. The molecule has 2 heteroatoms. The van der Waals surface area contributed by atoms with Crippen molar-refractivity contribution in [3.05, 3.63) is 89.5 Å². The summed E-state index contributed by atoms with van der Waals surface area (Å²) in [6.07, 6.45) is 31.0. The summed E-state index contributed by atoms with van der Waals surface area (Å²) in [5.41, 5.74) is 4.41. The Bertz CT molecular complexity index is 1080. The van der Waals surface area contributed by atoms with Gasteiger partial charge in [0.1, 0.15) is 11.9 Å². The van der Waals surface area contributed by atoms with Gasteiger partial charge in [0, 0.05) is 6.42 Å². The molecular weight excluding hydrogens is 532 g/mol. The molecule has 0 aliphatic heterocycles. The summed E-state index contributed by atoms with van der Waals surface area (Å²) in [6.45, 7) is 9.33. The summed E-state index contributed by atoms with van der Waals surface area (Å²) < 4.78 is 5.39. The molecule has 0 fully saturated rings. The molecule has 0 bridgehead atoms. The van der Waals surface area contributed by atoms with Crippen molar-refractivity contribution in [2.45, 2.75) is 175 Å². The Kier molecular flexibility index (Phi) is 18.9. The van der Waals surface area contributed by atoms with Crippen LogP contribution in [0.15, 0.2) is 66.9 Å². The molecule has 0 amide bonds. The van der Waals surface area contributed by atoms with E-state index < -0.39 is 0 Å². The first-order chi connectivity index (χ1) is 21.7. The lowest BCUT2D eigenvalue weighted by Crippen LogP contribution is -2.37. The number of hydrogen-bond acceptors (Lipinski definition) is 0. The first kappa shape index (κ1) is 36.1. The largest absolute Gasteiger partial charge is 0.261 e. The summed E-state index contributed by atoms with van der Waals surface area (Å²) in [5.74, 6) is 2.03. The number of aryl methyl sites for hydroxylation is 1. The molecule has 0 saturated heterocycles. The molecule has 44 heavy (non-hydrogen) atoms. The van der Waals surface area contributed by atoms with Crippen LogP contribution in [0.4, 0.5) is 0 Å². The summed E-state index contributed by atoms with van der Waals surface area (Å²) >= 11 is 0. The molecule has 0 saturated carbocycles.